The van der Waals surface area contributed by atoms with Gasteiger partial charge in [0.25, 0.3) is 0 Å². The first-order valence-electron chi connectivity index (χ1n) is 7.79. The molecule has 0 radical (unpaired) electrons. The molecule has 0 spiro atoms. The zero-order chi connectivity index (χ0) is 15.8. The van der Waals surface area contributed by atoms with Gasteiger partial charge < -0.3 is 14.6 Å². The number of aliphatic hydroxyl groups excluding tert-OH is 1. The summed E-state index contributed by atoms with van der Waals surface area (Å²) in [4.78, 5) is 0. The van der Waals surface area contributed by atoms with E-state index in [-0.39, 0.29) is 6.10 Å². The van der Waals surface area contributed by atoms with Gasteiger partial charge in [-0.1, -0.05) is 37.3 Å². The van der Waals surface area contributed by atoms with Crippen molar-refractivity contribution in [3.05, 3.63) is 48.5 Å². The molecule has 2 aromatic carbocycles. The minimum absolute atomic E-state index is 0.222. The zero-order valence-electron chi connectivity index (χ0n) is 13.3. The van der Waals surface area contributed by atoms with Gasteiger partial charge >= 0.3 is 0 Å². The molecule has 2 rings (SSSR count). The lowest BCUT2D eigenvalue weighted by Crippen LogP contribution is -2.07. The van der Waals surface area contributed by atoms with E-state index in [1.807, 2.05) is 49.4 Å². The summed E-state index contributed by atoms with van der Waals surface area (Å²) in [5, 5.41) is 9.57. The van der Waals surface area contributed by atoms with E-state index in [1.165, 1.54) is 0 Å². The quantitative estimate of drug-likeness (QED) is 0.739. The number of para-hydroxylation sites is 1. The van der Waals surface area contributed by atoms with E-state index in [0.717, 1.165) is 41.9 Å². The van der Waals surface area contributed by atoms with Gasteiger partial charge in [0.05, 0.1) is 19.8 Å². The predicted octanol–water partition coefficient (Wildman–Crippen LogP) is 4.29. The van der Waals surface area contributed by atoms with E-state index < -0.39 is 0 Å². The van der Waals surface area contributed by atoms with Gasteiger partial charge in [-0.3, -0.25) is 0 Å². The first-order chi connectivity index (χ1) is 10.7. The summed E-state index contributed by atoms with van der Waals surface area (Å²) in [7, 11) is 1.66. The van der Waals surface area contributed by atoms with Gasteiger partial charge in [-0.05, 0) is 43.0 Å². The normalized spacial score (nSPS) is 12.0. The summed E-state index contributed by atoms with van der Waals surface area (Å²) < 4.78 is 11.1. The van der Waals surface area contributed by atoms with Gasteiger partial charge in [-0.15, -0.1) is 0 Å². The Labute approximate surface area is 132 Å². The summed E-state index contributed by atoms with van der Waals surface area (Å²) in [6.45, 7) is 2.61. The Morgan fingerprint density at radius 3 is 2.45 bits per heavy atom. The minimum atomic E-state index is -0.222. The summed E-state index contributed by atoms with van der Waals surface area (Å²) in [6, 6.07) is 16.0. The molecule has 0 aromatic heterocycles. The van der Waals surface area contributed by atoms with Crippen LogP contribution in [0.2, 0.25) is 0 Å². The second kappa shape index (κ2) is 8.44. The Bertz CT molecular complexity index is 563. The first-order valence-corrected chi connectivity index (χ1v) is 7.79. The maximum absolute atomic E-state index is 9.57. The van der Waals surface area contributed by atoms with E-state index in [1.54, 1.807) is 7.11 Å². The molecular formula is C19H24O3. The first kappa shape index (κ1) is 16.4. The molecule has 1 atom stereocenters. The van der Waals surface area contributed by atoms with Crippen LogP contribution in [0.25, 0.3) is 11.1 Å². The standard InChI is InChI=1S/C19H24O3/c1-3-16(20)7-6-14-22-19-9-5-4-8-18(19)15-10-12-17(21-2)13-11-15/h4-5,8-13,16,20H,3,6-7,14H2,1-2H3. The third-order valence-electron chi connectivity index (χ3n) is 3.70. The molecule has 3 nitrogen and oxygen atoms in total. The predicted molar refractivity (Wildman–Crippen MR) is 89.5 cm³/mol. The third-order valence-corrected chi connectivity index (χ3v) is 3.70. The molecule has 0 aliphatic carbocycles. The smallest absolute Gasteiger partial charge is 0.127 e. The average molecular weight is 300 g/mol. The molecule has 0 amide bonds. The van der Waals surface area contributed by atoms with E-state index >= 15 is 0 Å². The molecule has 118 valence electrons. The average Bonchev–Trinajstić information content (AvgIpc) is 2.59. The van der Waals surface area contributed by atoms with Gasteiger partial charge in [-0.2, -0.15) is 0 Å². The lowest BCUT2D eigenvalue weighted by molar-refractivity contribution is 0.149. The molecule has 0 saturated carbocycles. The van der Waals surface area contributed by atoms with Crippen molar-refractivity contribution in [3.63, 3.8) is 0 Å². The van der Waals surface area contributed by atoms with Crippen LogP contribution in [0, 0.1) is 0 Å². The third kappa shape index (κ3) is 4.50. The molecule has 1 N–H and O–H groups in total. The summed E-state index contributed by atoms with van der Waals surface area (Å²) in [6.07, 6.45) is 2.20. The van der Waals surface area contributed by atoms with Crippen molar-refractivity contribution in [1.29, 1.82) is 0 Å². The number of methoxy groups -OCH3 is 1. The van der Waals surface area contributed by atoms with E-state index in [0.29, 0.717) is 6.61 Å². The molecular weight excluding hydrogens is 276 g/mol. The maximum atomic E-state index is 9.57. The number of hydrogen-bond acceptors (Lipinski definition) is 3. The van der Waals surface area contributed by atoms with Crippen LogP contribution >= 0.6 is 0 Å². The van der Waals surface area contributed by atoms with E-state index in [9.17, 15) is 5.11 Å². The molecule has 0 saturated heterocycles. The number of benzene rings is 2. The highest BCUT2D eigenvalue weighted by Crippen LogP contribution is 2.31. The van der Waals surface area contributed by atoms with E-state index in [2.05, 4.69) is 6.07 Å². The van der Waals surface area contributed by atoms with Crippen molar-refractivity contribution >= 4 is 0 Å². The molecule has 0 aliphatic heterocycles. The van der Waals surface area contributed by atoms with Crippen molar-refractivity contribution in [2.24, 2.45) is 0 Å². The van der Waals surface area contributed by atoms with Crippen LogP contribution in [0.15, 0.2) is 48.5 Å². The molecule has 2 aromatic rings. The molecule has 3 heteroatoms. The largest absolute Gasteiger partial charge is 0.497 e. The van der Waals surface area contributed by atoms with Gasteiger partial charge in [0.2, 0.25) is 0 Å². The van der Waals surface area contributed by atoms with Crippen LogP contribution in [0.1, 0.15) is 26.2 Å². The maximum Gasteiger partial charge on any atom is 0.127 e. The van der Waals surface area contributed by atoms with Crippen molar-refractivity contribution in [1.82, 2.24) is 0 Å². The summed E-state index contributed by atoms with van der Waals surface area (Å²) >= 11 is 0. The minimum Gasteiger partial charge on any atom is -0.497 e. The Morgan fingerprint density at radius 1 is 1.05 bits per heavy atom. The Hall–Kier alpha value is -2.00. The van der Waals surface area contributed by atoms with Crippen LogP contribution in [0.4, 0.5) is 0 Å². The van der Waals surface area contributed by atoms with Crippen LogP contribution in [0.3, 0.4) is 0 Å². The van der Waals surface area contributed by atoms with Crippen molar-refractivity contribution in [3.8, 4) is 22.6 Å². The lowest BCUT2D eigenvalue weighted by atomic mass is 10.0. The van der Waals surface area contributed by atoms with E-state index in [4.69, 9.17) is 9.47 Å². The van der Waals surface area contributed by atoms with Gasteiger partial charge in [0.1, 0.15) is 11.5 Å². The molecule has 22 heavy (non-hydrogen) atoms. The van der Waals surface area contributed by atoms with Crippen molar-refractivity contribution in [2.75, 3.05) is 13.7 Å². The van der Waals surface area contributed by atoms with Gasteiger partial charge in [-0.25, -0.2) is 0 Å². The molecule has 1 unspecified atom stereocenters. The fraction of sp³-hybridized carbons (Fsp3) is 0.368. The van der Waals surface area contributed by atoms with Gasteiger partial charge in [0.15, 0.2) is 0 Å². The highest BCUT2D eigenvalue weighted by Gasteiger charge is 2.07. The lowest BCUT2D eigenvalue weighted by Gasteiger charge is -2.13. The molecule has 0 bridgehead atoms. The molecule has 0 aliphatic rings. The fourth-order valence-corrected chi connectivity index (χ4v) is 2.31. The van der Waals surface area contributed by atoms with Crippen molar-refractivity contribution < 1.29 is 14.6 Å². The summed E-state index contributed by atoms with van der Waals surface area (Å²) in [5.41, 5.74) is 2.17. The fourth-order valence-electron chi connectivity index (χ4n) is 2.31. The second-order valence-corrected chi connectivity index (χ2v) is 5.28. The zero-order valence-corrected chi connectivity index (χ0v) is 13.3. The summed E-state index contributed by atoms with van der Waals surface area (Å²) in [5.74, 6) is 1.72. The SMILES string of the molecule is CCC(O)CCCOc1ccccc1-c1ccc(OC)cc1. The van der Waals surface area contributed by atoms with Crippen molar-refractivity contribution in [2.45, 2.75) is 32.3 Å². The van der Waals surface area contributed by atoms with Crippen LogP contribution in [-0.4, -0.2) is 24.9 Å². The Balaban J connectivity index is 2.03. The van der Waals surface area contributed by atoms with Crippen LogP contribution in [-0.2, 0) is 0 Å². The second-order valence-electron chi connectivity index (χ2n) is 5.28. The number of rotatable bonds is 8. The Morgan fingerprint density at radius 2 is 1.77 bits per heavy atom. The van der Waals surface area contributed by atoms with Crippen LogP contribution < -0.4 is 9.47 Å². The molecule has 0 fully saturated rings. The molecule has 0 heterocycles. The highest BCUT2D eigenvalue weighted by molar-refractivity contribution is 5.70. The van der Waals surface area contributed by atoms with Gasteiger partial charge in [0, 0.05) is 5.56 Å². The topological polar surface area (TPSA) is 38.7 Å². The number of aliphatic hydroxyl groups is 1. The van der Waals surface area contributed by atoms with Crippen LogP contribution in [0.5, 0.6) is 11.5 Å². The Kier molecular flexibility index (Phi) is 6.28. The number of ether oxygens (including phenoxy) is 2. The monoisotopic (exact) mass is 300 g/mol. The number of hydrogen-bond donors (Lipinski definition) is 1. The highest BCUT2D eigenvalue weighted by atomic mass is 16.5.